The maximum absolute atomic E-state index is 12.3. The second-order valence-corrected chi connectivity index (χ2v) is 7.42. The van der Waals surface area contributed by atoms with Crippen molar-refractivity contribution >= 4 is 78.3 Å². The van der Waals surface area contributed by atoms with E-state index < -0.39 is 0 Å². The van der Waals surface area contributed by atoms with Crippen LogP contribution in [0.1, 0.15) is 16.7 Å². The van der Waals surface area contributed by atoms with Crippen LogP contribution in [0.2, 0.25) is 10.0 Å². The minimum Gasteiger partial charge on any atom is -0.320 e. The summed E-state index contributed by atoms with van der Waals surface area (Å²) in [6, 6.07) is 7.21. The summed E-state index contributed by atoms with van der Waals surface area (Å²) in [5.74, 6) is -0.136. The zero-order valence-corrected chi connectivity index (χ0v) is 16.0. The first-order valence-electron chi connectivity index (χ1n) is 6.35. The van der Waals surface area contributed by atoms with Crippen LogP contribution in [-0.4, -0.2) is 5.91 Å². The summed E-state index contributed by atoms with van der Waals surface area (Å²) in [6.45, 7) is 1.97. The van der Waals surface area contributed by atoms with Crippen LogP contribution in [0, 0.1) is 6.92 Å². The van der Waals surface area contributed by atoms with Crippen molar-refractivity contribution in [2.75, 3.05) is 5.32 Å². The minimum atomic E-state index is -0.136. The highest BCUT2D eigenvalue weighted by atomic mass is 79.9. The predicted octanol–water partition coefficient (Wildman–Crippen LogP) is 6.32. The van der Waals surface area contributed by atoms with Gasteiger partial charge >= 0.3 is 0 Å². The molecule has 1 aliphatic rings. The maximum atomic E-state index is 12.3. The molecule has 0 aromatic heterocycles. The fourth-order valence-electron chi connectivity index (χ4n) is 2.38. The van der Waals surface area contributed by atoms with Crippen molar-refractivity contribution in [2.24, 2.45) is 0 Å². The van der Waals surface area contributed by atoms with Crippen LogP contribution in [0.5, 0.6) is 0 Å². The quantitative estimate of drug-likeness (QED) is 0.495. The van der Waals surface area contributed by atoms with Gasteiger partial charge in [-0.2, -0.15) is 0 Å². The van der Waals surface area contributed by atoms with E-state index in [9.17, 15) is 4.79 Å². The van der Waals surface area contributed by atoms with Gasteiger partial charge in [0.2, 0.25) is 0 Å². The molecular formula is C16H9Br2Cl2NO. The van der Waals surface area contributed by atoms with Crippen molar-refractivity contribution in [3.8, 4) is 0 Å². The van der Waals surface area contributed by atoms with E-state index in [4.69, 9.17) is 23.2 Å². The third-order valence-electron chi connectivity index (χ3n) is 3.48. The van der Waals surface area contributed by atoms with Gasteiger partial charge in [0, 0.05) is 20.1 Å². The molecule has 2 nitrogen and oxygen atoms in total. The molecule has 3 rings (SSSR count). The summed E-state index contributed by atoms with van der Waals surface area (Å²) in [5.41, 5.74) is 4.10. The lowest BCUT2D eigenvalue weighted by Gasteiger charge is -2.08. The van der Waals surface area contributed by atoms with Gasteiger partial charge < -0.3 is 5.32 Å². The summed E-state index contributed by atoms with van der Waals surface area (Å²) in [6.07, 6.45) is 1.81. The van der Waals surface area contributed by atoms with Gasteiger partial charge in [-0.15, -0.1) is 0 Å². The van der Waals surface area contributed by atoms with E-state index in [2.05, 4.69) is 37.2 Å². The number of benzene rings is 2. The Morgan fingerprint density at radius 1 is 1.09 bits per heavy atom. The Kier molecular flexibility index (Phi) is 4.38. The third kappa shape index (κ3) is 2.73. The van der Waals surface area contributed by atoms with Gasteiger partial charge in [0.1, 0.15) is 0 Å². The van der Waals surface area contributed by atoms with E-state index in [1.54, 1.807) is 12.1 Å². The van der Waals surface area contributed by atoms with Crippen LogP contribution in [-0.2, 0) is 4.79 Å². The molecule has 1 heterocycles. The van der Waals surface area contributed by atoms with Crippen molar-refractivity contribution in [1.29, 1.82) is 0 Å². The number of hydrogen-bond acceptors (Lipinski definition) is 1. The largest absolute Gasteiger partial charge is 0.320 e. The standard InChI is InChI=1S/C16H9Br2Cl2NO/c1-7-10(17)6-11(18)15-14(7)9(16(22)21-15)4-8-2-3-12(19)13(20)5-8/h2-6H,1H3,(H,21,22). The number of anilines is 1. The Hall–Kier alpha value is -0.810. The fraction of sp³-hybridized carbons (Fsp3) is 0.0625. The molecule has 0 saturated carbocycles. The molecule has 2 aromatic rings. The van der Waals surface area contributed by atoms with Crippen molar-refractivity contribution < 1.29 is 4.79 Å². The minimum absolute atomic E-state index is 0.136. The van der Waals surface area contributed by atoms with Crippen LogP contribution in [0.4, 0.5) is 5.69 Å². The van der Waals surface area contributed by atoms with Crippen LogP contribution in [0.15, 0.2) is 33.2 Å². The molecule has 0 bridgehead atoms. The van der Waals surface area contributed by atoms with E-state index in [-0.39, 0.29) is 5.91 Å². The summed E-state index contributed by atoms with van der Waals surface area (Å²) < 4.78 is 1.78. The smallest absolute Gasteiger partial charge is 0.256 e. The molecule has 1 N–H and O–H groups in total. The number of fused-ring (bicyclic) bond motifs is 1. The first-order valence-corrected chi connectivity index (χ1v) is 8.69. The van der Waals surface area contributed by atoms with Gasteiger partial charge in [0.15, 0.2) is 0 Å². The highest BCUT2D eigenvalue weighted by Gasteiger charge is 2.29. The number of hydrogen-bond donors (Lipinski definition) is 1. The van der Waals surface area contributed by atoms with Gasteiger partial charge in [0.05, 0.1) is 15.7 Å². The highest BCUT2D eigenvalue weighted by Crippen LogP contribution is 2.43. The molecule has 0 aliphatic carbocycles. The van der Waals surface area contributed by atoms with Crippen LogP contribution in [0.25, 0.3) is 11.6 Å². The number of halogens is 4. The van der Waals surface area contributed by atoms with E-state index in [1.165, 1.54) is 0 Å². The lowest BCUT2D eigenvalue weighted by Crippen LogP contribution is -2.03. The molecule has 0 unspecified atom stereocenters. The zero-order valence-electron chi connectivity index (χ0n) is 11.3. The maximum Gasteiger partial charge on any atom is 0.256 e. The predicted molar refractivity (Wildman–Crippen MR) is 99.5 cm³/mol. The number of carbonyl (C=O) groups is 1. The molecule has 6 heteroatoms. The molecule has 0 radical (unpaired) electrons. The molecule has 1 amide bonds. The average Bonchev–Trinajstić information content (AvgIpc) is 2.78. The van der Waals surface area contributed by atoms with Crippen molar-refractivity contribution in [3.05, 3.63) is 59.9 Å². The monoisotopic (exact) mass is 459 g/mol. The molecule has 0 atom stereocenters. The number of nitrogens with one attached hydrogen (secondary N) is 1. The first kappa shape index (κ1) is 16.1. The lowest BCUT2D eigenvalue weighted by atomic mass is 9.99. The Morgan fingerprint density at radius 3 is 2.50 bits per heavy atom. The van der Waals surface area contributed by atoms with Crippen LogP contribution >= 0.6 is 55.1 Å². The van der Waals surface area contributed by atoms with Gasteiger partial charge in [-0.25, -0.2) is 0 Å². The average molecular weight is 462 g/mol. The number of amides is 1. The molecular weight excluding hydrogens is 453 g/mol. The van der Waals surface area contributed by atoms with Crippen molar-refractivity contribution in [1.82, 2.24) is 0 Å². The molecule has 22 heavy (non-hydrogen) atoms. The summed E-state index contributed by atoms with van der Waals surface area (Å²) in [5, 5.41) is 3.84. The molecule has 2 aromatic carbocycles. The zero-order chi connectivity index (χ0) is 16.0. The van der Waals surface area contributed by atoms with Crippen LogP contribution < -0.4 is 5.32 Å². The summed E-state index contributed by atoms with van der Waals surface area (Å²) in [7, 11) is 0. The molecule has 0 fully saturated rings. The second-order valence-electron chi connectivity index (χ2n) is 4.90. The van der Waals surface area contributed by atoms with Gasteiger partial charge in [-0.3, -0.25) is 4.79 Å². The first-order chi connectivity index (χ1) is 10.4. The normalized spacial score (nSPS) is 15.1. The van der Waals surface area contributed by atoms with E-state index in [0.717, 1.165) is 31.3 Å². The van der Waals surface area contributed by atoms with Gasteiger partial charge in [-0.1, -0.05) is 45.2 Å². The fourth-order valence-corrected chi connectivity index (χ4v) is 3.95. The molecule has 0 spiro atoms. The van der Waals surface area contributed by atoms with E-state index in [0.29, 0.717) is 15.6 Å². The lowest BCUT2D eigenvalue weighted by molar-refractivity contribution is -0.110. The third-order valence-corrected chi connectivity index (χ3v) is 5.67. The Bertz CT molecular complexity index is 847. The molecule has 1 aliphatic heterocycles. The SMILES string of the molecule is Cc1c(Br)cc(Br)c2c1C(=Cc1ccc(Cl)c(Cl)c1)C(=O)N2. The summed E-state index contributed by atoms with van der Waals surface area (Å²) >= 11 is 19.0. The topological polar surface area (TPSA) is 29.1 Å². The molecule has 112 valence electrons. The second kappa shape index (κ2) is 6.00. The number of rotatable bonds is 1. The Labute approximate surface area is 154 Å². The van der Waals surface area contributed by atoms with Crippen LogP contribution in [0.3, 0.4) is 0 Å². The van der Waals surface area contributed by atoms with Crippen molar-refractivity contribution in [2.45, 2.75) is 6.92 Å². The Morgan fingerprint density at radius 2 is 1.82 bits per heavy atom. The number of carbonyl (C=O) groups excluding carboxylic acids is 1. The summed E-state index contributed by atoms with van der Waals surface area (Å²) in [4.78, 5) is 12.3. The van der Waals surface area contributed by atoms with Crippen molar-refractivity contribution in [3.63, 3.8) is 0 Å². The van der Waals surface area contributed by atoms with E-state index in [1.807, 2.05) is 25.1 Å². The molecule has 0 saturated heterocycles. The highest BCUT2D eigenvalue weighted by molar-refractivity contribution is 9.11. The van der Waals surface area contributed by atoms with Gasteiger partial charge in [-0.05, 0) is 58.3 Å². The Balaban J connectivity index is 2.20. The van der Waals surface area contributed by atoms with Gasteiger partial charge in [0.25, 0.3) is 5.91 Å². The van der Waals surface area contributed by atoms with E-state index >= 15 is 0 Å².